The van der Waals surface area contributed by atoms with Crippen LogP contribution in [0.25, 0.3) is 11.2 Å². The summed E-state index contributed by atoms with van der Waals surface area (Å²) in [6.07, 6.45) is 1.28. The van der Waals surface area contributed by atoms with Crippen LogP contribution in [0.1, 0.15) is 31.1 Å². The lowest BCUT2D eigenvalue weighted by molar-refractivity contribution is -0.116. The fourth-order valence-electron chi connectivity index (χ4n) is 2.64. The molecule has 3 heterocycles. The van der Waals surface area contributed by atoms with Gasteiger partial charge in [0.15, 0.2) is 5.65 Å². The molecule has 0 atom stereocenters. The highest BCUT2D eigenvalue weighted by Crippen LogP contribution is 2.18. The Bertz CT molecular complexity index is 1110. The van der Waals surface area contributed by atoms with E-state index in [4.69, 9.17) is 0 Å². The minimum atomic E-state index is -0.447. The Hall–Kier alpha value is -2.82. The van der Waals surface area contributed by atoms with Crippen molar-refractivity contribution >= 4 is 33.5 Å². The summed E-state index contributed by atoms with van der Waals surface area (Å²) in [6, 6.07) is 0. The summed E-state index contributed by atoms with van der Waals surface area (Å²) in [7, 11) is 2.96. The molecular formula is C16H21N7O3S. The molecule has 0 unspecified atom stereocenters. The van der Waals surface area contributed by atoms with E-state index < -0.39 is 11.2 Å². The molecule has 0 radical (unpaired) electrons. The van der Waals surface area contributed by atoms with Crippen molar-refractivity contribution in [2.45, 2.75) is 33.1 Å². The Morgan fingerprint density at radius 1 is 1.22 bits per heavy atom. The number of anilines is 1. The van der Waals surface area contributed by atoms with Crippen molar-refractivity contribution in [3.63, 3.8) is 0 Å². The molecule has 0 aromatic carbocycles. The van der Waals surface area contributed by atoms with Gasteiger partial charge in [0.05, 0.1) is 0 Å². The zero-order valence-corrected chi connectivity index (χ0v) is 16.4. The lowest BCUT2D eigenvalue weighted by Gasteiger charge is -2.00. The molecule has 0 aliphatic carbocycles. The van der Waals surface area contributed by atoms with Gasteiger partial charge in [-0.15, -0.1) is 10.2 Å². The summed E-state index contributed by atoms with van der Waals surface area (Å²) in [5.74, 6) is 0.721. The van der Waals surface area contributed by atoms with Gasteiger partial charge in [0, 0.05) is 33.4 Å². The number of nitrogens with zero attached hydrogens (tertiary/aromatic N) is 5. The second-order valence-corrected chi connectivity index (χ2v) is 7.80. The molecule has 144 valence electrons. The summed E-state index contributed by atoms with van der Waals surface area (Å²) in [4.78, 5) is 43.4. The number of carbonyl (C=O) groups is 1. The highest BCUT2D eigenvalue weighted by Gasteiger charge is 2.15. The zero-order chi connectivity index (χ0) is 19.7. The molecule has 0 fully saturated rings. The molecule has 10 nitrogen and oxygen atoms in total. The van der Waals surface area contributed by atoms with Crippen molar-refractivity contribution in [3.8, 4) is 0 Å². The smallest absolute Gasteiger partial charge is 0.332 e. The molecule has 0 aliphatic heterocycles. The third kappa shape index (κ3) is 3.97. The number of H-pyrrole nitrogens is 1. The SMILES string of the molecule is CC(C)Cc1nnc(NC(=O)CCc2nc3c([nH]2)c(=O)n(C)c(=O)n3C)s1. The first-order valence-electron chi connectivity index (χ1n) is 8.53. The Labute approximate surface area is 158 Å². The Morgan fingerprint density at radius 3 is 2.67 bits per heavy atom. The molecule has 3 aromatic rings. The first kappa shape index (κ1) is 19.0. The largest absolute Gasteiger partial charge is 0.336 e. The lowest BCUT2D eigenvalue weighted by atomic mass is 10.1. The highest BCUT2D eigenvalue weighted by molar-refractivity contribution is 7.15. The molecule has 0 spiro atoms. The number of aromatic amines is 1. The van der Waals surface area contributed by atoms with Crippen LogP contribution in [-0.2, 0) is 31.7 Å². The molecule has 2 N–H and O–H groups in total. The van der Waals surface area contributed by atoms with E-state index in [-0.39, 0.29) is 23.5 Å². The van der Waals surface area contributed by atoms with E-state index in [0.717, 1.165) is 16.0 Å². The average molecular weight is 391 g/mol. The lowest BCUT2D eigenvalue weighted by Crippen LogP contribution is -2.36. The van der Waals surface area contributed by atoms with Gasteiger partial charge in [0.2, 0.25) is 11.0 Å². The number of carbonyl (C=O) groups excluding carboxylic acids is 1. The van der Waals surface area contributed by atoms with E-state index >= 15 is 0 Å². The summed E-state index contributed by atoms with van der Waals surface area (Å²) in [5.41, 5.74) is -0.363. The predicted molar refractivity (Wildman–Crippen MR) is 102 cm³/mol. The van der Waals surface area contributed by atoms with E-state index in [0.29, 0.717) is 23.3 Å². The molecule has 3 rings (SSSR count). The van der Waals surface area contributed by atoms with Crippen molar-refractivity contribution in [2.24, 2.45) is 20.0 Å². The van der Waals surface area contributed by atoms with Crippen molar-refractivity contribution in [1.82, 2.24) is 29.3 Å². The monoisotopic (exact) mass is 391 g/mol. The average Bonchev–Trinajstić information content (AvgIpc) is 3.23. The summed E-state index contributed by atoms with van der Waals surface area (Å²) in [6.45, 7) is 4.19. The van der Waals surface area contributed by atoms with E-state index in [1.165, 1.54) is 23.0 Å². The Kier molecular flexibility index (Phi) is 5.22. The first-order chi connectivity index (χ1) is 12.8. The standard InChI is InChI=1S/C16H21N7O3S/c1-8(2)7-11-20-21-15(27-11)19-10(24)6-5-9-17-12-13(18-9)22(3)16(26)23(4)14(12)25/h8H,5-7H2,1-4H3,(H,17,18)(H,19,21,24). The molecular weight excluding hydrogens is 370 g/mol. The molecule has 3 aromatic heterocycles. The van der Waals surface area contributed by atoms with Crippen LogP contribution in [0.5, 0.6) is 0 Å². The molecule has 0 aliphatic rings. The van der Waals surface area contributed by atoms with Crippen LogP contribution in [0.4, 0.5) is 5.13 Å². The van der Waals surface area contributed by atoms with Crippen LogP contribution in [-0.4, -0.2) is 35.2 Å². The molecule has 0 saturated carbocycles. The number of hydrogen-bond acceptors (Lipinski definition) is 7. The summed E-state index contributed by atoms with van der Waals surface area (Å²) >= 11 is 1.36. The van der Waals surface area contributed by atoms with Crippen molar-refractivity contribution in [1.29, 1.82) is 0 Å². The van der Waals surface area contributed by atoms with Gasteiger partial charge in [-0.05, 0) is 5.92 Å². The van der Waals surface area contributed by atoms with E-state index in [9.17, 15) is 14.4 Å². The number of aryl methyl sites for hydroxylation is 2. The topological polar surface area (TPSA) is 128 Å². The quantitative estimate of drug-likeness (QED) is 0.633. The van der Waals surface area contributed by atoms with Crippen LogP contribution >= 0.6 is 11.3 Å². The third-order valence-electron chi connectivity index (χ3n) is 4.03. The van der Waals surface area contributed by atoms with Gasteiger partial charge in [-0.2, -0.15) is 0 Å². The van der Waals surface area contributed by atoms with Gasteiger partial charge in [0.25, 0.3) is 5.56 Å². The van der Waals surface area contributed by atoms with Crippen molar-refractivity contribution in [3.05, 3.63) is 31.7 Å². The number of nitrogens with one attached hydrogen (secondary N) is 2. The van der Waals surface area contributed by atoms with Crippen molar-refractivity contribution < 1.29 is 4.79 Å². The zero-order valence-electron chi connectivity index (χ0n) is 15.6. The van der Waals surface area contributed by atoms with E-state index in [1.54, 1.807) is 7.05 Å². The number of hydrogen-bond donors (Lipinski definition) is 2. The number of amides is 1. The van der Waals surface area contributed by atoms with Gasteiger partial charge in [0.1, 0.15) is 16.3 Å². The second kappa shape index (κ2) is 7.43. The van der Waals surface area contributed by atoms with E-state index in [2.05, 4.69) is 39.3 Å². The van der Waals surface area contributed by atoms with Gasteiger partial charge in [-0.25, -0.2) is 9.78 Å². The van der Waals surface area contributed by atoms with E-state index in [1.807, 2.05) is 0 Å². The van der Waals surface area contributed by atoms with Crippen LogP contribution in [0, 0.1) is 5.92 Å². The number of aromatic nitrogens is 6. The number of fused-ring (bicyclic) bond motifs is 1. The van der Waals surface area contributed by atoms with Crippen LogP contribution < -0.4 is 16.6 Å². The minimum absolute atomic E-state index is 0.160. The predicted octanol–water partition coefficient (Wildman–Crippen LogP) is 0.582. The molecule has 27 heavy (non-hydrogen) atoms. The second-order valence-electron chi connectivity index (χ2n) is 6.73. The van der Waals surface area contributed by atoms with Crippen molar-refractivity contribution in [2.75, 3.05) is 5.32 Å². The van der Waals surface area contributed by atoms with Crippen LogP contribution in [0.15, 0.2) is 9.59 Å². The fourth-order valence-corrected chi connectivity index (χ4v) is 3.61. The van der Waals surface area contributed by atoms with Gasteiger partial charge in [-0.1, -0.05) is 25.2 Å². The number of imidazole rings is 1. The Morgan fingerprint density at radius 2 is 1.96 bits per heavy atom. The molecule has 1 amide bonds. The molecule has 11 heteroatoms. The molecule has 0 saturated heterocycles. The summed E-state index contributed by atoms with van der Waals surface area (Å²) in [5, 5.41) is 12.1. The normalized spacial score (nSPS) is 11.4. The first-order valence-corrected chi connectivity index (χ1v) is 9.34. The highest BCUT2D eigenvalue weighted by atomic mass is 32.1. The minimum Gasteiger partial charge on any atom is -0.336 e. The number of rotatable bonds is 6. The van der Waals surface area contributed by atoms with Crippen LogP contribution in [0.3, 0.4) is 0 Å². The Balaban J connectivity index is 1.68. The summed E-state index contributed by atoms with van der Waals surface area (Å²) < 4.78 is 2.31. The molecule has 0 bridgehead atoms. The fraction of sp³-hybridized carbons (Fsp3) is 0.500. The maximum atomic E-state index is 12.2. The van der Waals surface area contributed by atoms with Gasteiger partial charge in [-0.3, -0.25) is 18.7 Å². The third-order valence-corrected chi connectivity index (χ3v) is 4.89. The van der Waals surface area contributed by atoms with Gasteiger partial charge >= 0.3 is 5.69 Å². The van der Waals surface area contributed by atoms with Crippen LogP contribution in [0.2, 0.25) is 0 Å². The maximum Gasteiger partial charge on any atom is 0.332 e. The van der Waals surface area contributed by atoms with Gasteiger partial charge < -0.3 is 10.3 Å². The maximum absolute atomic E-state index is 12.2.